The Morgan fingerprint density at radius 3 is 2.58 bits per heavy atom. The minimum Gasteiger partial charge on any atom is -0.496 e. The molecule has 40 heavy (non-hydrogen) atoms. The lowest BCUT2D eigenvalue weighted by atomic mass is 9.89. The van der Waals surface area contributed by atoms with E-state index in [1.807, 2.05) is 6.92 Å². The van der Waals surface area contributed by atoms with Crippen LogP contribution in [0.1, 0.15) is 25.5 Å². The molecule has 0 atom stereocenters. The molecular weight excluding hydrogens is 513 g/mol. The Morgan fingerprint density at radius 1 is 1.05 bits per heavy atom. The average molecular weight is 542 g/mol. The maximum atomic E-state index is 15.6. The van der Waals surface area contributed by atoms with Gasteiger partial charge in [0.15, 0.2) is 0 Å². The summed E-state index contributed by atoms with van der Waals surface area (Å²) in [5.41, 5.74) is 8.97. The van der Waals surface area contributed by atoms with Crippen LogP contribution in [-0.4, -0.2) is 55.6 Å². The Balaban J connectivity index is 1.43. The van der Waals surface area contributed by atoms with Crippen LogP contribution in [0.5, 0.6) is 17.5 Å². The number of rotatable bonds is 5. The summed E-state index contributed by atoms with van der Waals surface area (Å²) in [5, 5.41) is 0.764. The van der Waals surface area contributed by atoms with Crippen molar-refractivity contribution in [1.82, 2.24) is 29.4 Å². The molecule has 204 valence electrons. The highest BCUT2D eigenvalue weighted by molar-refractivity contribution is 6.04. The van der Waals surface area contributed by atoms with Crippen LogP contribution in [0.4, 0.5) is 9.18 Å². The molecule has 11 heteroatoms. The minimum atomic E-state index is -0.430. The molecule has 1 fully saturated rings. The van der Waals surface area contributed by atoms with E-state index in [2.05, 4.69) is 31.4 Å². The number of amides is 2. The Hall–Kier alpha value is -4.80. The van der Waals surface area contributed by atoms with Crippen LogP contribution in [0.15, 0.2) is 55.1 Å². The van der Waals surface area contributed by atoms with Crippen LogP contribution in [-0.2, 0) is 5.54 Å². The molecule has 0 radical (unpaired) electrons. The topological polar surface area (TPSA) is 121 Å². The summed E-state index contributed by atoms with van der Waals surface area (Å²) in [6.45, 7) is 5.09. The minimum absolute atomic E-state index is 0.212. The van der Waals surface area contributed by atoms with Crippen molar-refractivity contribution in [3.8, 4) is 28.6 Å². The van der Waals surface area contributed by atoms with E-state index in [-0.39, 0.29) is 11.5 Å². The second kappa shape index (κ2) is 9.74. The maximum Gasteiger partial charge on any atom is 0.322 e. The van der Waals surface area contributed by atoms with Gasteiger partial charge in [0.1, 0.15) is 22.8 Å². The number of hydrogen-bond acceptors (Lipinski definition) is 7. The molecule has 1 aliphatic heterocycles. The molecule has 3 aromatic heterocycles. The SMILES string of the molecule is COc1cc(Oc2nccc(C)n2)ccc1-c1cc2c(cc1F)ncc1ncn(C3(C)CCN(C(N)=O)CC3)c12. The van der Waals surface area contributed by atoms with Gasteiger partial charge in [-0.25, -0.2) is 24.1 Å². The van der Waals surface area contributed by atoms with Crippen molar-refractivity contribution in [3.63, 3.8) is 0 Å². The van der Waals surface area contributed by atoms with Crippen LogP contribution in [0.3, 0.4) is 0 Å². The number of methoxy groups -OCH3 is 1. The first-order valence-electron chi connectivity index (χ1n) is 12.9. The van der Waals surface area contributed by atoms with Gasteiger partial charge in [0, 0.05) is 59.2 Å². The molecule has 2 amide bonds. The Kier molecular flexibility index (Phi) is 6.21. The average Bonchev–Trinajstić information content (AvgIpc) is 3.39. The molecule has 0 unspecified atom stereocenters. The number of carbonyl (C=O) groups excluding carboxylic acids is 1. The van der Waals surface area contributed by atoms with Gasteiger partial charge in [-0.3, -0.25) is 4.98 Å². The van der Waals surface area contributed by atoms with E-state index in [1.165, 1.54) is 13.2 Å². The number of carbonyl (C=O) groups is 1. The van der Waals surface area contributed by atoms with Gasteiger partial charge in [0.2, 0.25) is 0 Å². The van der Waals surface area contributed by atoms with Gasteiger partial charge in [-0.1, -0.05) is 0 Å². The molecule has 1 saturated heterocycles. The largest absolute Gasteiger partial charge is 0.496 e. The second-order valence-corrected chi connectivity index (χ2v) is 10.2. The first-order valence-corrected chi connectivity index (χ1v) is 12.9. The van der Waals surface area contributed by atoms with E-state index in [4.69, 9.17) is 15.2 Å². The van der Waals surface area contributed by atoms with Crippen molar-refractivity contribution >= 4 is 28.0 Å². The number of urea groups is 1. The third-order valence-electron chi connectivity index (χ3n) is 7.64. The van der Waals surface area contributed by atoms with Gasteiger partial charge in [0.25, 0.3) is 0 Å². The van der Waals surface area contributed by atoms with Crippen molar-refractivity contribution in [2.45, 2.75) is 32.2 Å². The molecule has 10 nitrogen and oxygen atoms in total. The van der Waals surface area contributed by atoms with Crippen molar-refractivity contribution in [2.75, 3.05) is 20.2 Å². The lowest BCUT2D eigenvalue weighted by Crippen LogP contribution is -2.48. The Bertz CT molecular complexity index is 1760. The number of nitrogens with zero attached hydrogens (tertiary/aromatic N) is 6. The zero-order valence-electron chi connectivity index (χ0n) is 22.4. The third-order valence-corrected chi connectivity index (χ3v) is 7.64. The highest BCUT2D eigenvalue weighted by atomic mass is 19.1. The maximum absolute atomic E-state index is 15.6. The van der Waals surface area contributed by atoms with Gasteiger partial charge in [-0.2, -0.15) is 0 Å². The number of piperidine rings is 1. The number of halogens is 1. The van der Waals surface area contributed by atoms with Crippen LogP contribution >= 0.6 is 0 Å². The van der Waals surface area contributed by atoms with Crippen LogP contribution in [0.2, 0.25) is 0 Å². The number of hydrogen-bond donors (Lipinski definition) is 1. The predicted molar refractivity (Wildman–Crippen MR) is 148 cm³/mol. The second-order valence-electron chi connectivity index (χ2n) is 10.2. The van der Waals surface area contributed by atoms with E-state index in [1.54, 1.807) is 54.0 Å². The van der Waals surface area contributed by atoms with Crippen LogP contribution in [0.25, 0.3) is 33.1 Å². The first-order chi connectivity index (χ1) is 19.3. The molecule has 1 aliphatic rings. The Labute approximate surface area is 229 Å². The van der Waals surface area contributed by atoms with Crippen molar-refractivity contribution in [2.24, 2.45) is 5.73 Å². The Morgan fingerprint density at radius 2 is 1.85 bits per heavy atom. The molecule has 0 saturated carbocycles. The van der Waals surface area contributed by atoms with E-state index < -0.39 is 11.8 Å². The van der Waals surface area contributed by atoms with E-state index in [0.29, 0.717) is 59.6 Å². The number of ether oxygens (including phenoxy) is 2. The number of aryl methyl sites for hydroxylation is 1. The predicted octanol–water partition coefficient (Wildman–Crippen LogP) is 5.18. The lowest BCUT2D eigenvalue weighted by Gasteiger charge is -2.40. The molecule has 2 N–H and O–H groups in total. The van der Waals surface area contributed by atoms with Gasteiger partial charge in [-0.05, 0) is 51.0 Å². The van der Waals surface area contributed by atoms with Crippen LogP contribution in [0, 0.1) is 12.7 Å². The fourth-order valence-electron chi connectivity index (χ4n) is 5.32. The number of benzene rings is 2. The fourth-order valence-corrected chi connectivity index (χ4v) is 5.32. The highest BCUT2D eigenvalue weighted by Crippen LogP contribution is 2.40. The molecule has 6 rings (SSSR count). The normalized spacial score (nSPS) is 14.9. The van der Waals surface area contributed by atoms with Crippen molar-refractivity contribution in [3.05, 3.63) is 66.6 Å². The third kappa shape index (κ3) is 4.42. The molecular formula is C29H28FN7O3. The fraction of sp³-hybridized carbons (Fsp3) is 0.276. The molecule has 5 aromatic rings. The summed E-state index contributed by atoms with van der Waals surface area (Å²) in [4.78, 5) is 30.8. The number of imidazole rings is 1. The molecule has 4 heterocycles. The number of fused-ring (bicyclic) bond motifs is 3. The van der Waals surface area contributed by atoms with Crippen molar-refractivity contribution in [1.29, 1.82) is 0 Å². The van der Waals surface area contributed by atoms with Crippen LogP contribution < -0.4 is 15.2 Å². The van der Waals surface area contributed by atoms with E-state index in [0.717, 1.165) is 16.6 Å². The molecule has 0 bridgehead atoms. The number of pyridine rings is 1. The number of primary amides is 1. The molecule has 2 aromatic carbocycles. The summed E-state index contributed by atoms with van der Waals surface area (Å²) in [6, 6.07) is 9.96. The molecule has 0 aliphatic carbocycles. The zero-order chi connectivity index (χ0) is 28.0. The summed E-state index contributed by atoms with van der Waals surface area (Å²) in [6.07, 6.45) is 6.50. The number of aromatic nitrogens is 5. The summed E-state index contributed by atoms with van der Waals surface area (Å²) in [5.74, 6) is 0.466. The standard InChI is InChI=1S/C29H28FN7O3/c1-17-6-9-32-28(35-17)40-18-4-5-19(25(12-18)39-3)20-13-21-23(14-22(20)30)33-15-24-26(21)37(16-34-24)29(2)7-10-36(11-8-29)27(31)38/h4-6,9,12-16H,7-8,10-11H2,1-3H3,(H2,31,38). The van der Waals surface area contributed by atoms with Gasteiger partial charge in [-0.15, -0.1) is 0 Å². The van der Waals surface area contributed by atoms with E-state index >= 15 is 4.39 Å². The summed E-state index contributed by atoms with van der Waals surface area (Å²) < 4.78 is 29.1. The van der Waals surface area contributed by atoms with Gasteiger partial charge < -0.3 is 24.7 Å². The number of likely N-dealkylation sites (tertiary alicyclic amines) is 1. The lowest BCUT2D eigenvalue weighted by molar-refractivity contribution is 0.141. The summed E-state index contributed by atoms with van der Waals surface area (Å²) in [7, 11) is 1.53. The van der Waals surface area contributed by atoms with Gasteiger partial charge >= 0.3 is 12.0 Å². The summed E-state index contributed by atoms with van der Waals surface area (Å²) >= 11 is 0. The number of nitrogens with two attached hydrogens (primary N) is 1. The quantitative estimate of drug-likeness (QED) is 0.325. The van der Waals surface area contributed by atoms with E-state index in [9.17, 15) is 4.79 Å². The first kappa shape index (κ1) is 25.5. The molecule has 0 spiro atoms. The highest BCUT2D eigenvalue weighted by Gasteiger charge is 2.34. The zero-order valence-corrected chi connectivity index (χ0v) is 22.4. The monoisotopic (exact) mass is 541 g/mol. The van der Waals surface area contributed by atoms with Gasteiger partial charge in [0.05, 0.1) is 30.7 Å². The van der Waals surface area contributed by atoms with Crippen molar-refractivity contribution < 1.29 is 18.7 Å². The smallest absolute Gasteiger partial charge is 0.322 e.